The molecule has 3 aromatic rings. The van der Waals surface area contributed by atoms with Crippen LogP contribution in [0.2, 0.25) is 0 Å². The quantitative estimate of drug-likeness (QED) is 0.367. The Labute approximate surface area is 180 Å². The smallest absolute Gasteiger partial charge is 0.269 e. The molecular weight excluding hydrogens is 394 g/mol. The molecule has 31 heavy (non-hydrogen) atoms. The van der Waals surface area contributed by atoms with E-state index in [1.54, 1.807) is 12.1 Å². The highest BCUT2D eigenvalue weighted by Gasteiger charge is 2.09. The van der Waals surface area contributed by atoms with Gasteiger partial charge in [-0.2, -0.15) is 0 Å². The second-order valence-corrected chi connectivity index (χ2v) is 7.21. The summed E-state index contributed by atoms with van der Waals surface area (Å²) in [7, 11) is 0. The summed E-state index contributed by atoms with van der Waals surface area (Å²) in [5.41, 5.74) is 2.15. The Morgan fingerprint density at radius 1 is 0.935 bits per heavy atom. The molecule has 1 aliphatic rings. The number of para-hydroxylation sites is 2. The van der Waals surface area contributed by atoms with Crippen molar-refractivity contribution in [2.45, 2.75) is 13.0 Å². The van der Waals surface area contributed by atoms with Crippen molar-refractivity contribution >= 4 is 12.0 Å². The van der Waals surface area contributed by atoms with Gasteiger partial charge >= 0.3 is 0 Å². The highest BCUT2D eigenvalue weighted by atomic mass is 16.6. The van der Waals surface area contributed by atoms with Gasteiger partial charge in [-0.3, -0.25) is 15.1 Å². The van der Waals surface area contributed by atoms with E-state index in [4.69, 9.17) is 9.47 Å². The molecule has 0 aromatic heterocycles. The Balaban J connectivity index is 1.35. The zero-order chi connectivity index (χ0) is 21.5. The van der Waals surface area contributed by atoms with Gasteiger partial charge in [-0.15, -0.1) is 0 Å². The van der Waals surface area contributed by atoms with Crippen molar-refractivity contribution in [2.75, 3.05) is 19.6 Å². The lowest BCUT2D eigenvalue weighted by Crippen LogP contribution is -2.22. The van der Waals surface area contributed by atoms with E-state index in [0.29, 0.717) is 11.5 Å². The summed E-state index contributed by atoms with van der Waals surface area (Å²) < 4.78 is 11.9. The Hall–Kier alpha value is -3.87. The molecule has 0 fully saturated rings. The summed E-state index contributed by atoms with van der Waals surface area (Å²) in [5.74, 6) is 1.96. The maximum absolute atomic E-state index is 10.8. The number of nitro benzene ring substituents is 1. The number of rotatable bonds is 9. The summed E-state index contributed by atoms with van der Waals surface area (Å²) >= 11 is 0. The number of non-ortho nitro benzene ring substituents is 1. The van der Waals surface area contributed by atoms with E-state index in [1.165, 1.54) is 17.7 Å². The molecule has 4 rings (SSSR count). The van der Waals surface area contributed by atoms with Crippen LogP contribution in [0, 0.1) is 10.1 Å². The number of nitrogens with zero attached hydrogens (tertiary/aromatic N) is 3. The maximum atomic E-state index is 10.8. The molecule has 0 unspecified atom stereocenters. The third-order valence-corrected chi connectivity index (χ3v) is 4.99. The fourth-order valence-corrected chi connectivity index (χ4v) is 3.24. The van der Waals surface area contributed by atoms with E-state index in [0.717, 1.165) is 37.4 Å². The van der Waals surface area contributed by atoms with E-state index in [9.17, 15) is 10.1 Å². The lowest BCUT2D eigenvalue weighted by molar-refractivity contribution is -0.384. The largest absolute Gasteiger partial charge is 0.485 e. The minimum atomic E-state index is -0.417. The molecule has 3 aromatic carbocycles. The molecule has 1 aliphatic heterocycles. The molecule has 158 valence electrons. The molecule has 0 saturated heterocycles. The van der Waals surface area contributed by atoms with Crippen LogP contribution in [0.25, 0.3) is 0 Å². The number of nitro groups is 1. The Morgan fingerprint density at radius 3 is 2.32 bits per heavy atom. The van der Waals surface area contributed by atoms with Gasteiger partial charge in [0.05, 0.1) is 17.8 Å². The molecule has 0 amide bonds. The minimum Gasteiger partial charge on any atom is -0.485 e. The van der Waals surface area contributed by atoms with Crippen molar-refractivity contribution < 1.29 is 14.4 Å². The van der Waals surface area contributed by atoms with Gasteiger partial charge in [0.2, 0.25) is 0 Å². The molecule has 0 bridgehead atoms. The van der Waals surface area contributed by atoms with Crippen LogP contribution in [0.4, 0.5) is 5.69 Å². The third-order valence-electron chi connectivity index (χ3n) is 4.99. The number of benzene rings is 3. The lowest BCUT2D eigenvalue weighted by atomic mass is 10.1. The Bertz CT molecular complexity index is 1050. The SMILES string of the molecule is O=[N+]([O-])c1ccc(COc2ccccc2Oc2ccc(CCN3C=NCC3)cc2)cc1. The first-order valence-corrected chi connectivity index (χ1v) is 10.1. The standard InChI is InChI=1S/C24H23N3O4/c28-27(29)21-9-5-20(6-10-21)17-30-23-3-1-2-4-24(23)31-22-11-7-19(8-12-22)13-15-26-16-14-25-18-26/h1-12,18H,13-17H2. The third kappa shape index (κ3) is 5.60. The van der Waals surface area contributed by atoms with Crippen LogP contribution in [0.5, 0.6) is 17.2 Å². The Kier molecular flexibility index (Phi) is 6.42. The molecule has 0 spiro atoms. The zero-order valence-corrected chi connectivity index (χ0v) is 17.0. The van der Waals surface area contributed by atoms with Gasteiger partial charge in [-0.05, 0) is 53.9 Å². The van der Waals surface area contributed by atoms with Crippen LogP contribution in [-0.2, 0) is 13.0 Å². The van der Waals surface area contributed by atoms with Gasteiger partial charge in [-0.1, -0.05) is 24.3 Å². The van der Waals surface area contributed by atoms with Crippen molar-refractivity contribution in [2.24, 2.45) is 4.99 Å². The van der Waals surface area contributed by atoms with Gasteiger partial charge in [0.1, 0.15) is 12.4 Å². The molecule has 0 atom stereocenters. The lowest BCUT2D eigenvalue weighted by Gasteiger charge is -2.14. The predicted octanol–water partition coefficient (Wildman–Crippen LogP) is 4.85. The van der Waals surface area contributed by atoms with Crippen LogP contribution in [0.3, 0.4) is 0 Å². The minimum absolute atomic E-state index is 0.0597. The van der Waals surface area contributed by atoms with Crippen molar-refractivity contribution in [1.29, 1.82) is 0 Å². The van der Waals surface area contributed by atoms with Gasteiger partial charge in [0.15, 0.2) is 11.5 Å². The van der Waals surface area contributed by atoms with E-state index < -0.39 is 4.92 Å². The molecular formula is C24H23N3O4. The number of ether oxygens (including phenoxy) is 2. The zero-order valence-electron chi connectivity index (χ0n) is 17.0. The van der Waals surface area contributed by atoms with E-state index in [2.05, 4.69) is 22.0 Å². The van der Waals surface area contributed by atoms with Gasteiger partial charge in [-0.25, -0.2) is 0 Å². The summed E-state index contributed by atoms with van der Waals surface area (Å²) in [6.45, 7) is 3.14. The first kappa shape index (κ1) is 20.4. The van der Waals surface area contributed by atoms with Crippen molar-refractivity contribution in [3.63, 3.8) is 0 Å². The molecule has 0 aliphatic carbocycles. The normalized spacial score (nSPS) is 12.7. The fraction of sp³-hybridized carbons (Fsp3) is 0.208. The second-order valence-electron chi connectivity index (χ2n) is 7.21. The first-order valence-electron chi connectivity index (χ1n) is 10.1. The summed E-state index contributed by atoms with van der Waals surface area (Å²) in [5, 5.41) is 10.8. The van der Waals surface area contributed by atoms with E-state index in [1.807, 2.05) is 42.7 Å². The molecule has 0 radical (unpaired) electrons. The van der Waals surface area contributed by atoms with Crippen LogP contribution in [-0.4, -0.2) is 35.8 Å². The fourth-order valence-electron chi connectivity index (χ4n) is 3.24. The van der Waals surface area contributed by atoms with Gasteiger partial charge in [0, 0.05) is 25.2 Å². The molecule has 7 heteroatoms. The van der Waals surface area contributed by atoms with Crippen molar-refractivity contribution in [3.8, 4) is 17.2 Å². The average Bonchev–Trinajstić information content (AvgIpc) is 3.32. The monoisotopic (exact) mass is 417 g/mol. The van der Waals surface area contributed by atoms with Crippen LogP contribution in [0.15, 0.2) is 77.8 Å². The molecule has 1 heterocycles. The number of hydrogen-bond acceptors (Lipinski definition) is 6. The van der Waals surface area contributed by atoms with Crippen molar-refractivity contribution in [1.82, 2.24) is 4.90 Å². The summed E-state index contributed by atoms with van der Waals surface area (Å²) in [6, 6.07) is 21.8. The van der Waals surface area contributed by atoms with Crippen LogP contribution in [0.1, 0.15) is 11.1 Å². The molecule has 0 saturated carbocycles. The summed E-state index contributed by atoms with van der Waals surface area (Å²) in [6.07, 6.45) is 2.88. The van der Waals surface area contributed by atoms with Crippen LogP contribution >= 0.6 is 0 Å². The maximum Gasteiger partial charge on any atom is 0.269 e. The Morgan fingerprint density at radius 2 is 1.65 bits per heavy atom. The summed E-state index contributed by atoms with van der Waals surface area (Å²) in [4.78, 5) is 16.8. The average molecular weight is 417 g/mol. The highest BCUT2D eigenvalue weighted by Crippen LogP contribution is 2.32. The highest BCUT2D eigenvalue weighted by molar-refractivity contribution is 5.57. The van der Waals surface area contributed by atoms with Crippen molar-refractivity contribution in [3.05, 3.63) is 94.0 Å². The second kappa shape index (κ2) is 9.75. The van der Waals surface area contributed by atoms with Gasteiger partial charge < -0.3 is 14.4 Å². The topological polar surface area (TPSA) is 77.2 Å². The van der Waals surface area contributed by atoms with Crippen LogP contribution < -0.4 is 9.47 Å². The van der Waals surface area contributed by atoms with E-state index >= 15 is 0 Å². The first-order chi connectivity index (χ1) is 15.2. The molecule has 0 N–H and O–H groups in total. The number of hydrogen-bond donors (Lipinski definition) is 0. The molecule has 7 nitrogen and oxygen atoms in total. The predicted molar refractivity (Wildman–Crippen MR) is 119 cm³/mol. The van der Waals surface area contributed by atoms with E-state index in [-0.39, 0.29) is 12.3 Å². The number of aliphatic imine (C=N–C) groups is 1. The van der Waals surface area contributed by atoms with Gasteiger partial charge in [0.25, 0.3) is 5.69 Å².